The van der Waals surface area contributed by atoms with E-state index in [9.17, 15) is 19.5 Å². The van der Waals surface area contributed by atoms with Crippen LogP contribution in [0.15, 0.2) is 60.9 Å². The molecule has 2 N–H and O–H groups in total. The van der Waals surface area contributed by atoms with Crippen LogP contribution in [-0.4, -0.2) is 57.0 Å². The molecule has 9 heteroatoms. The Bertz CT molecular complexity index is 1270. The van der Waals surface area contributed by atoms with E-state index in [1.165, 1.54) is 22.8 Å². The Morgan fingerprint density at radius 3 is 2.26 bits per heavy atom. The van der Waals surface area contributed by atoms with Crippen LogP contribution in [0.5, 0.6) is 0 Å². The number of alkyl carbamates (subject to hydrolysis) is 1. The van der Waals surface area contributed by atoms with Crippen LogP contribution >= 0.6 is 0 Å². The molecule has 1 heterocycles. The van der Waals surface area contributed by atoms with E-state index in [-0.39, 0.29) is 12.5 Å². The SMILES string of the molecule is CN(C(=O)C(NC(=O)OCC1c2ccccc2-c2ccccc21)c1cnn(C)c1)C1(C(=O)O)CC1. The highest BCUT2D eigenvalue weighted by molar-refractivity contribution is 5.93. The Labute approximate surface area is 202 Å². The number of benzene rings is 2. The van der Waals surface area contributed by atoms with E-state index in [4.69, 9.17) is 4.74 Å². The number of likely N-dealkylation sites (N-methyl/N-ethyl adjacent to an activating group) is 1. The van der Waals surface area contributed by atoms with Crippen molar-refractivity contribution in [1.82, 2.24) is 20.0 Å². The van der Waals surface area contributed by atoms with E-state index < -0.39 is 29.6 Å². The molecule has 3 aromatic rings. The molecule has 0 aliphatic heterocycles. The van der Waals surface area contributed by atoms with E-state index in [0.717, 1.165) is 22.3 Å². The molecule has 2 aliphatic carbocycles. The minimum atomic E-state index is -1.24. The van der Waals surface area contributed by atoms with Gasteiger partial charge in [-0.2, -0.15) is 5.10 Å². The summed E-state index contributed by atoms with van der Waals surface area (Å²) in [5, 5.41) is 16.3. The molecule has 0 radical (unpaired) electrons. The maximum atomic E-state index is 13.3. The zero-order valence-electron chi connectivity index (χ0n) is 19.5. The Kier molecular flexibility index (Phi) is 5.55. The molecule has 0 bridgehead atoms. The largest absolute Gasteiger partial charge is 0.479 e. The van der Waals surface area contributed by atoms with Crippen LogP contribution in [0.4, 0.5) is 4.79 Å². The lowest BCUT2D eigenvalue weighted by Gasteiger charge is -2.28. The lowest BCUT2D eigenvalue weighted by molar-refractivity contribution is -0.151. The third-order valence-electron chi connectivity index (χ3n) is 7.01. The van der Waals surface area contributed by atoms with Crippen molar-refractivity contribution < 1.29 is 24.2 Å². The zero-order valence-corrected chi connectivity index (χ0v) is 19.5. The number of hydrogen-bond acceptors (Lipinski definition) is 5. The van der Waals surface area contributed by atoms with E-state index in [0.29, 0.717) is 18.4 Å². The van der Waals surface area contributed by atoms with Crippen LogP contribution in [-0.2, 0) is 21.4 Å². The van der Waals surface area contributed by atoms with Crippen molar-refractivity contribution in [3.8, 4) is 11.1 Å². The average molecular weight is 475 g/mol. The van der Waals surface area contributed by atoms with Gasteiger partial charge in [-0.1, -0.05) is 48.5 Å². The molecule has 1 atom stereocenters. The summed E-state index contributed by atoms with van der Waals surface area (Å²) in [7, 11) is 3.15. The molecular formula is C26H26N4O5. The minimum Gasteiger partial charge on any atom is -0.479 e. The van der Waals surface area contributed by atoms with Gasteiger partial charge in [0, 0.05) is 31.8 Å². The molecule has 0 spiro atoms. The molecule has 2 aliphatic rings. The number of aromatic nitrogens is 2. The van der Waals surface area contributed by atoms with Crippen LogP contribution in [0.2, 0.25) is 0 Å². The Morgan fingerprint density at radius 2 is 1.74 bits per heavy atom. The number of aliphatic carboxylic acids is 1. The molecule has 5 rings (SSSR count). The number of fused-ring (bicyclic) bond motifs is 3. The summed E-state index contributed by atoms with van der Waals surface area (Å²) in [4.78, 5) is 39.2. The highest BCUT2D eigenvalue weighted by Crippen LogP contribution is 2.45. The van der Waals surface area contributed by atoms with Gasteiger partial charge in [-0.05, 0) is 35.1 Å². The van der Waals surface area contributed by atoms with Crippen molar-refractivity contribution in [3.05, 3.63) is 77.6 Å². The summed E-state index contributed by atoms with van der Waals surface area (Å²) >= 11 is 0. The van der Waals surface area contributed by atoms with Crippen LogP contribution in [0, 0.1) is 0 Å². The smallest absolute Gasteiger partial charge is 0.408 e. The van der Waals surface area contributed by atoms with Gasteiger partial charge >= 0.3 is 12.1 Å². The number of carboxylic acid groups (broad SMARTS) is 1. The lowest BCUT2D eigenvalue weighted by Crippen LogP contribution is -2.50. The number of amides is 2. The molecule has 1 aromatic heterocycles. The molecule has 1 fully saturated rings. The molecule has 0 saturated heterocycles. The minimum absolute atomic E-state index is 0.0999. The lowest BCUT2D eigenvalue weighted by atomic mass is 9.98. The molecule has 9 nitrogen and oxygen atoms in total. The Balaban J connectivity index is 1.33. The van der Waals surface area contributed by atoms with Crippen molar-refractivity contribution >= 4 is 18.0 Å². The topological polar surface area (TPSA) is 114 Å². The van der Waals surface area contributed by atoms with Gasteiger partial charge in [0.1, 0.15) is 18.2 Å². The van der Waals surface area contributed by atoms with E-state index in [1.54, 1.807) is 13.2 Å². The standard InChI is InChI=1S/C26H26N4O5/c1-29-14-16(13-27-29)22(23(31)30(2)26(11-12-26)24(32)33)28-25(34)35-15-21-19-9-5-3-7-17(19)18-8-4-6-10-20(18)21/h3-10,13-14,21-22H,11-12,15H2,1-2H3,(H,28,34)(H,32,33). The summed E-state index contributed by atoms with van der Waals surface area (Å²) in [5.41, 5.74) is 3.60. The summed E-state index contributed by atoms with van der Waals surface area (Å²) in [6.07, 6.45) is 3.06. The van der Waals surface area contributed by atoms with Crippen LogP contribution in [0.1, 0.15) is 41.5 Å². The normalized spacial score (nSPS) is 16.1. The molecular weight excluding hydrogens is 448 g/mol. The first-order valence-electron chi connectivity index (χ1n) is 11.4. The van der Waals surface area contributed by atoms with Gasteiger partial charge in [-0.3, -0.25) is 9.48 Å². The number of carboxylic acids is 1. The maximum Gasteiger partial charge on any atom is 0.408 e. The number of carbonyl (C=O) groups is 3. The highest BCUT2D eigenvalue weighted by atomic mass is 16.5. The van der Waals surface area contributed by atoms with Crippen molar-refractivity contribution in [3.63, 3.8) is 0 Å². The molecule has 2 aromatic carbocycles. The number of nitrogens with one attached hydrogen (secondary N) is 1. The molecule has 35 heavy (non-hydrogen) atoms. The molecule has 1 unspecified atom stereocenters. The summed E-state index contributed by atoms with van der Waals surface area (Å²) in [6.45, 7) is 0.0999. The maximum absolute atomic E-state index is 13.3. The molecule has 180 valence electrons. The van der Waals surface area contributed by atoms with Crippen molar-refractivity contribution in [2.24, 2.45) is 7.05 Å². The fraction of sp³-hybridized carbons (Fsp3) is 0.308. The number of ether oxygens (including phenoxy) is 1. The van der Waals surface area contributed by atoms with Crippen LogP contribution < -0.4 is 5.32 Å². The second kappa shape index (κ2) is 8.57. The second-order valence-corrected chi connectivity index (χ2v) is 9.08. The third-order valence-corrected chi connectivity index (χ3v) is 7.01. The first-order valence-corrected chi connectivity index (χ1v) is 11.4. The zero-order chi connectivity index (χ0) is 24.7. The molecule has 2 amide bonds. The van der Waals surface area contributed by atoms with Gasteiger partial charge in [-0.15, -0.1) is 0 Å². The van der Waals surface area contributed by atoms with Crippen LogP contribution in [0.25, 0.3) is 11.1 Å². The number of rotatable bonds is 7. The fourth-order valence-corrected chi connectivity index (χ4v) is 4.85. The third kappa shape index (κ3) is 3.92. The predicted molar refractivity (Wildman–Crippen MR) is 127 cm³/mol. The van der Waals surface area contributed by atoms with Crippen molar-refractivity contribution in [2.45, 2.75) is 30.3 Å². The highest BCUT2D eigenvalue weighted by Gasteiger charge is 2.56. The van der Waals surface area contributed by atoms with E-state index in [2.05, 4.69) is 22.5 Å². The van der Waals surface area contributed by atoms with Crippen molar-refractivity contribution in [1.29, 1.82) is 0 Å². The van der Waals surface area contributed by atoms with Crippen molar-refractivity contribution in [2.75, 3.05) is 13.7 Å². The first kappa shape index (κ1) is 22.6. The fourth-order valence-electron chi connectivity index (χ4n) is 4.85. The van der Waals surface area contributed by atoms with Gasteiger partial charge in [0.15, 0.2) is 0 Å². The van der Waals surface area contributed by atoms with Gasteiger partial charge in [-0.25, -0.2) is 9.59 Å². The number of carbonyl (C=O) groups excluding carboxylic acids is 2. The Hall–Kier alpha value is -4.14. The first-order chi connectivity index (χ1) is 16.8. The Morgan fingerprint density at radius 1 is 1.14 bits per heavy atom. The average Bonchev–Trinajstić information content (AvgIpc) is 3.48. The predicted octanol–water partition coefficient (Wildman–Crippen LogP) is 3.08. The monoisotopic (exact) mass is 474 g/mol. The van der Waals surface area contributed by atoms with E-state index in [1.807, 2.05) is 36.4 Å². The number of hydrogen-bond donors (Lipinski definition) is 2. The summed E-state index contributed by atoms with van der Waals surface area (Å²) < 4.78 is 7.13. The number of nitrogens with zero attached hydrogens (tertiary/aromatic N) is 3. The van der Waals surface area contributed by atoms with E-state index >= 15 is 0 Å². The molecule has 1 saturated carbocycles. The summed E-state index contributed by atoms with van der Waals surface area (Å²) in [6, 6.07) is 14.9. The summed E-state index contributed by atoms with van der Waals surface area (Å²) in [5.74, 6) is -1.71. The van der Waals surface area contributed by atoms with Gasteiger partial charge in [0.05, 0.1) is 6.20 Å². The number of aryl methyl sites for hydroxylation is 1. The second-order valence-electron chi connectivity index (χ2n) is 9.08. The van der Waals surface area contributed by atoms with Crippen LogP contribution in [0.3, 0.4) is 0 Å². The van der Waals surface area contributed by atoms with Gasteiger partial charge in [0.2, 0.25) is 0 Å². The van der Waals surface area contributed by atoms with Gasteiger partial charge in [0.25, 0.3) is 5.91 Å². The van der Waals surface area contributed by atoms with Gasteiger partial charge < -0.3 is 20.1 Å². The quantitative estimate of drug-likeness (QED) is 0.544.